The number of nitrogens with two attached hydrogens (primary N) is 1. The lowest BCUT2D eigenvalue weighted by Gasteiger charge is -2.33. The third-order valence-corrected chi connectivity index (χ3v) is 3.61. The van der Waals surface area contributed by atoms with Gasteiger partial charge in [-0.1, -0.05) is 26.3 Å². The van der Waals surface area contributed by atoms with Crippen LogP contribution >= 0.6 is 0 Å². The van der Waals surface area contributed by atoms with E-state index >= 15 is 0 Å². The average molecular weight is 223 g/mol. The maximum atomic E-state index is 14.0. The van der Waals surface area contributed by atoms with E-state index in [2.05, 4.69) is 13.8 Å². The minimum absolute atomic E-state index is 0.178. The van der Waals surface area contributed by atoms with Gasteiger partial charge in [0, 0.05) is 11.1 Å². The van der Waals surface area contributed by atoms with Crippen LogP contribution in [-0.2, 0) is 5.54 Å². The molecule has 2 atom stereocenters. The second kappa shape index (κ2) is 4.54. The van der Waals surface area contributed by atoms with Gasteiger partial charge < -0.3 is 5.73 Å². The minimum Gasteiger partial charge on any atom is -0.321 e. The van der Waals surface area contributed by atoms with Gasteiger partial charge in [-0.05, 0) is 43.9 Å². The summed E-state index contributed by atoms with van der Waals surface area (Å²) in [5.41, 5.74) is 8.25. The van der Waals surface area contributed by atoms with E-state index in [0.29, 0.717) is 5.56 Å². The minimum atomic E-state index is -0.601. The van der Waals surface area contributed by atoms with E-state index in [0.717, 1.165) is 17.5 Å². The van der Waals surface area contributed by atoms with Gasteiger partial charge in [-0.15, -0.1) is 0 Å². The molecule has 0 heterocycles. The zero-order valence-corrected chi connectivity index (χ0v) is 10.9. The summed E-state index contributed by atoms with van der Waals surface area (Å²) in [6.45, 7) is 9.90. The fourth-order valence-electron chi connectivity index (χ4n) is 2.27. The van der Waals surface area contributed by atoms with Crippen LogP contribution in [0.5, 0.6) is 0 Å². The molecule has 2 heteroatoms. The number of aryl methyl sites for hydroxylation is 2. The first-order valence-corrected chi connectivity index (χ1v) is 5.86. The lowest BCUT2D eigenvalue weighted by Crippen LogP contribution is -2.41. The van der Waals surface area contributed by atoms with Gasteiger partial charge >= 0.3 is 0 Å². The van der Waals surface area contributed by atoms with E-state index < -0.39 is 5.54 Å². The standard InChI is InChI=1S/C14H22FN/c1-6-11(4)14(5,16)13-10(3)7-9(2)8-12(13)15/h7-8,11H,6,16H2,1-5H3. The lowest BCUT2D eigenvalue weighted by atomic mass is 9.77. The second-order valence-electron chi connectivity index (χ2n) is 5.03. The molecule has 1 aromatic rings. The van der Waals surface area contributed by atoms with E-state index in [1.54, 1.807) is 6.07 Å². The highest BCUT2D eigenvalue weighted by Crippen LogP contribution is 2.33. The summed E-state index contributed by atoms with van der Waals surface area (Å²) in [4.78, 5) is 0. The fourth-order valence-corrected chi connectivity index (χ4v) is 2.27. The van der Waals surface area contributed by atoms with Gasteiger partial charge in [0.2, 0.25) is 0 Å². The third-order valence-electron chi connectivity index (χ3n) is 3.61. The molecular formula is C14H22FN. The van der Waals surface area contributed by atoms with Crippen molar-refractivity contribution in [1.29, 1.82) is 0 Å². The molecule has 1 aromatic carbocycles. The SMILES string of the molecule is CCC(C)C(C)(N)c1c(C)cc(C)cc1F. The van der Waals surface area contributed by atoms with E-state index in [9.17, 15) is 4.39 Å². The topological polar surface area (TPSA) is 26.0 Å². The molecule has 90 valence electrons. The van der Waals surface area contributed by atoms with Crippen LogP contribution in [0.25, 0.3) is 0 Å². The zero-order chi connectivity index (χ0) is 12.5. The van der Waals surface area contributed by atoms with Crippen LogP contribution in [-0.4, -0.2) is 0 Å². The number of hydrogen-bond acceptors (Lipinski definition) is 1. The number of halogens is 1. The van der Waals surface area contributed by atoms with Crippen molar-refractivity contribution >= 4 is 0 Å². The lowest BCUT2D eigenvalue weighted by molar-refractivity contribution is 0.304. The molecule has 0 bridgehead atoms. The predicted molar refractivity (Wildman–Crippen MR) is 66.9 cm³/mol. The predicted octanol–water partition coefficient (Wildman–Crippen LogP) is 3.66. The molecule has 0 saturated heterocycles. The second-order valence-corrected chi connectivity index (χ2v) is 5.03. The van der Waals surface area contributed by atoms with Crippen LogP contribution in [0.2, 0.25) is 0 Å². The molecule has 0 spiro atoms. The van der Waals surface area contributed by atoms with Crippen molar-refractivity contribution in [3.05, 3.63) is 34.6 Å². The highest BCUT2D eigenvalue weighted by atomic mass is 19.1. The maximum Gasteiger partial charge on any atom is 0.128 e. The number of benzene rings is 1. The molecular weight excluding hydrogens is 201 g/mol. The highest BCUT2D eigenvalue weighted by Gasteiger charge is 2.31. The Bertz CT molecular complexity index is 359. The zero-order valence-electron chi connectivity index (χ0n) is 10.9. The Kier molecular flexibility index (Phi) is 3.74. The molecule has 0 radical (unpaired) electrons. The summed E-state index contributed by atoms with van der Waals surface area (Å²) in [6.07, 6.45) is 0.944. The normalized spacial score (nSPS) is 16.9. The van der Waals surface area contributed by atoms with Gasteiger partial charge in [0.25, 0.3) is 0 Å². The van der Waals surface area contributed by atoms with Crippen molar-refractivity contribution in [3.8, 4) is 0 Å². The largest absolute Gasteiger partial charge is 0.321 e. The number of rotatable bonds is 3. The first-order chi connectivity index (χ1) is 7.30. The first kappa shape index (κ1) is 13.2. The molecule has 0 amide bonds. The fraction of sp³-hybridized carbons (Fsp3) is 0.571. The van der Waals surface area contributed by atoms with E-state index in [1.807, 2.05) is 26.8 Å². The molecule has 2 N–H and O–H groups in total. The smallest absolute Gasteiger partial charge is 0.128 e. The Hall–Kier alpha value is -0.890. The van der Waals surface area contributed by atoms with Crippen molar-refractivity contribution < 1.29 is 4.39 Å². The van der Waals surface area contributed by atoms with Crippen molar-refractivity contribution in [1.82, 2.24) is 0 Å². The van der Waals surface area contributed by atoms with Crippen molar-refractivity contribution in [2.75, 3.05) is 0 Å². The maximum absolute atomic E-state index is 14.0. The Morgan fingerprint density at radius 1 is 1.38 bits per heavy atom. The first-order valence-electron chi connectivity index (χ1n) is 5.86. The molecule has 0 aliphatic heterocycles. The van der Waals surface area contributed by atoms with Crippen molar-refractivity contribution in [2.24, 2.45) is 11.7 Å². The van der Waals surface area contributed by atoms with Gasteiger partial charge in [-0.25, -0.2) is 4.39 Å². The van der Waals surface area contributed by atoms with Crippen LogP contribution in [0.15, 0.2) is 12.1 Å². The Morgan fingerprint density at radius 3 is 2.38 bits per heavy atom. The van der Waals surface area contributed by atoms with Crippen LogP contribution in [0, 0.1) is 25.6 Å². The van der Waals surface area contributed by atoms with Gasteiger partial charge in [0.05, 0.1) is 0 Å². The molecule has 0 saturated carbocycles. The summed E-state index contributed by atoms with van der Waals surface area (Å²) in [7, 11) is 0. The summed E-state index contributed by atoms with van der Waals surface area (Å²) in [5, 5.41) is 0. The molecule has 16 heavy (non-hydrogen) atoms. The molecule has 0 fully saturated rings. The third kappa shape index (κ3) is 2.27. The molecule has 0 aliphatic rings. The number of hydrogen-bond donors (Lipinski definition) is 1. The average Bonchev–Trinajstić information content (AvgIpc) is 2.14. The van der Waals surface area contributed by atoms with Gasteiger partial charge in [0.15, 0.2) is 0 Å². The summed E-state index contributed by atoms with van der Waals surface area (Å²) >= 11 is 0. The highest BCUT2D eigenvalue weighted by molar-refractivity contribution is 5.37. The van der Waals surface area contributed by atoms with Gasteiger partial charge in [0.1, 0.15) is 5.82 Å². The Balaban J connectivity index is 3.32. The molecule has 0 aliphatic carbocycles. The van der Waals surface area contributed by atoms with E-state index in [4.69, 9.17) is 5.73 Å². The van der Waals surface area contributed by atoms with E-state index in [-0.39, 0.29) is 11.7 Å². The summed E-state index contributed by atoms with van der Waals surface area (Å²) in [5.74, 6) is 0.0752. The molecule has 1 rings (SSSR count). The monoisotopic (exact) mass is 223 g/mol. The van der Waals surface area contributed by atoms with Gasteiger partial charge in [-0.3, -0.25) is 0 Å². The van der Waals surface area contributed by atoms with Crippen molar-refractivity contribution in [3.63, 3.8) is 0 Å². The molecule has 1 nitrogen and oxygen atoms in total. The molecule has 0 aromatic heterocycles. The van der Waals surface area contributed by atoms with Crippen molar-refractivity contribution in [2.45, 2.75) is 46.6 Å². The molecule has 2 unspecified atom stereocenters. The quantitative estimate of drug-likeness (QED) is 0.831. The Labute approximate surface area is 97.9 Å². The van der Waals surface area contributed by atoms with Crippen LogP contribution in [0.1, 0.15) is 43.9 Å². The summed E-state index contributed by atoms with van der Waals surface area (Å²) < 4.78 is 14.0. The van der Waals surface area contributed by atoms with Gasteiger partial charge in [-0.2, -0.15) is 0 Å². The van der Waals surface area contributed by atoms with Crippen LogP contribution in [0.4, 0.5) is 4.39 Å². The Morgan fingerprint density at radius 2 is 1.94 bits per heavy atom. The van der Waals surface area contributed by atoms with E-state index in [1.165, 1.54) is 0 Å². The van der Waals surface area contributed by atoms with Crippen LogP contribution in [0.3, 0.4) is 0 Å². The van der Waals surface area contributed by atoms with Crippen LogP contribution < -0.4 is 5.73 Å². The summed E-state index contributed by atoms with van der Waals surface area (Å²) in [6, 6.07) is 3.56.